The Morgan fingerprint density at radius 2 is 1.48 bits per heavy atom. The van der Waals surface area contributed by atoms with Crippen LogP contribution in [0, 0.1) is 0 Å². The van der Waals surface area contributed by atoms with Gasteiger partial charge in [-0.1, -0.05) is 60.7 Å². The summed E-state index contributed by atoms with van der Waals surface area (Å²) in [6.07, 6.45) is 1.23. The molecule has 0 aliphatic heterocycles. The van der Waals surface area contributed by atoms with Crippen LogP contribution < -0.4 is 5.48 Å². The van der Waals surface area contributed by atoms with E-state index in [9.17, 15) is 18.6 Å². The average Bonchev–Trinajstić information content (AvgIpc) is 2.66. The minimum Gasteiger partial charge on any atom is -0.478 e. The molecule has 8 heteroatoms. The SMILES string of the molecule is O=C(O)C=CC(=O)ONC(=O)CS(=O)C(c1ccccc1)c1ccccc1. The van der Waals surface area contributed by atoms with Crippen LogP contribution in [-0.2, 0) is 30.0 Å². The first kappa shape index (κ1) is 20.1. The number of carbonyl (C=O) groups is 3. The van der Waals surface area contributed by atoms with Gasteiger partial charge in [0, 0.05) is 23.0 Å². The summed E-state index contributed by atoms with van der Waals surface area (Å²) in [5, 5.41) is 7.89. The number of rotatable bonds is 7. The van der Waals surface area contributed by atoms with Crippen molar-refractivity contribution in [1.29, 1.82) is 0 Å². The second-order valence-corrected chi connectivity index (χ2v) is 6.87. The zero-order chi connectivity index (χ0) is 19.6. The molecule has 2 aromatic carbocycles. The van der Waals surface area contributed by atoms with Crippen LogP contribution in [0.2, 0.25) is 0 Å². The van der Waals surface area contributed by atoms with Crippen molar-refractivity contribution in [2.24, 2.45) is 0 Å². The Labute approximate surface area is 158 Å². The number of hydrogen-bond acceptors (Lipinski definition) is 5. The molecule has 0 saturated carbocycles. The predicted octanol–water partition coefficient (Wildman–Crippen LogP) is 1.74. The summed E-state index contributed by atoms with van der Waals surface area (Å²) in [5.74, 6) is -3.54. The molecule has 1 atom stereocenters. The highest BCUT2D eigenvalue weighted by molar-refractivity contribution is 7.86. The van der Waals surface area contributed by atoms with Crippen LogP contribution in [0.25, 0.3) is 0 Å². The largest absolute Gasteiger partial charge is 0.478 e. The summed E-state index contributed by atoms with van der Waals surface area (Å²) in [5.41, 5.74) is 3.45. The van der Waals surface area contributed by atoms with Crippen molar-refractivity contribution in [2.45, 2.75) is 5.25 Å². The van der Waals surface area contributed by atoms with E-state index in [-0.39, 0.29) is 0 Å². The number of hydrogen-bond donors (Lipinski definition) is 2. The van der Waals surface area contributed by atoms with Gasteiger partial charge in [-0.3, -0.25) is 9.00 Å². The Morgan fingerprint density at radius 1 is 0.963 bits per heavy atom. The third kappa shape index (κ3) is 6.52. The Kier molecular flexibility index (Phi) is 7.45. The lowest BCUT2D eigenvalue weighted by molar-refractivity contribution is -0.152. The smallest absolute Gasteiger partial charge is 0.356 e. The first-order chi connectivity index (χ1) is 13.0. The minimum atomic E-state index is -1.63. The van der Waals surface area contributed by atoms with Crippen LogP contribution in [0.4, 0.5) is 0 Å². The van der Waals surface area contributed by atoms with Gasteiger partial charge in [0.25, 0.3) is 5.91 Å². The lowest BCUT2D eigenvalue weighted by Gasteiger charge is -2.17. The first-order valence-corrected chi connectivity index (χ1v) is 9.23. The lowest BCUT2D eigenvalue weighted by Crippen LogP contribution is -2.31. The fourth-order valence-electron chi connectivity index (χ4n) is 2.27. The Bertz CT molecular complexity index is 812. The van der Waals surface area contributed by atoms with Gasteiger partial charge in [-0.2, -0.15) is 5.48 Å². The fraction of sp³-hybridized carbons (Fsp3) is 0.105. The number of carbonyl (C=O) groups excluding carboxylic acids is 2. The zero-order valence-corrected chi connectivity index (χ0v) is 14.9. The first-order valence-electron chi connectivity index (χ1n) is 7.85. The maximum absolute atomic E-state index is 12.8. The van der Waals surface area contributed by atoms with Gasteiger partial charge in [-0.25, -0.2) is 9.59 Å². The third-order valence-corrected chi connectivity index (χ3v) is 4.99. The molecule has 0 aliphatic carbocycles. The highest BCUT2D eigenvalue weighted by Crippen LogP contribution is 2.28. The van der Waals surface area contributed by atoms with Gasteiger partial charge < -0.3 is 9.94 Å². The molecule has 0 bridgehead atoms. The van der Waals surface area contributed by atoms with Gasteiger partial charge in [0.05, 0.1) is 5.25 Å². The molecule has 0 heterocycles. The van der Waals surface area contributed by atoms with Crippen LogP contribution in [-0.4, -0.2) is 32.9 Å². The molecule has 27 heavy (non-hydrogen) atoms. The summed E-state index contributed by atoms with van der Waals surface area (Å²) in [4.78, 5) is 37.9. The van der Waals surface area contributed by atoms with Gasteiger partial charge in [0.2, 0.25) is 0 Å². The number of carboxylic acid groups (broad SMARTS) is 1. The molecule has 0 radical (unpaired) electrons. The molecule has 0 fully saturated rings. The molecular weight excluding hydrogens is 370 g/mol. The van der Waals surface area contributed by atoms with Crippen molar-refractivity contribution < 1.29 is 28.5 Å². The highest BCUT2D eigenvalue weighted by atomic mass is 32.2. The van der Waals surface area contributed by atoms with Gasteiger partial charge in [0.15, 0.2) is 0 Å². The normalized spacial score (nSPS) is 11.9. The van der Waals surface area contributed by atoms with Crippen molar-refractivity contribution in [3.8, 4) is 0 Å². The van der Waals surface area contributed by atoms with E-state index in [4.69, 9.17) is 5.11 Å². The maximum Gasteiger partial charge on any atom is 0.356 e. The molecule has 0 aliphatic rings. The molecule has 1 unspecified atom stereocenters. The lowest BCUT2D eigenvalue weighted by atomic mass is 10.0. The summed E-state index contributed by atoms with van der Waals surface area (Å²) in [6, 6.07) is 18.2. The number of nitrogens with one attached hydrogen (secondary N) is 1. The highest BCUT2D eigenvalue weighted by Gasteiger charge is 2.23. The second-order valence-electron chi connectivity index (χ2n) is 5.34. The van der Waals surface area contributed by atoms with Crippen LogP contribution in [0.5, 0.6) is 0 Å². The molecule has 7 nitrogen and oxygen atoms in total. The number of amides is 1. The quantitative estimate of drug-likeness (QED) is 0.553. The number of carboxylic acids is 1. The van der Waals surface area contributed by atoms with E-state index in [1.54, 1.807) is 0 Å². The van der Waals surface area contributed by atoms with Crippen molar-refractivity contribution in [2.75, 3.05) is 5.75 Å². The maximum atomic E-state index is 12.8. The molecule has 2 N–H and O–H groups in total. The topological polar surface area (TPSA) is 110 Å². The van der Waals surface area contributed by atoms with Crippen molar-refractivity contribution in [1.82, 2.24) is 5.48 Å². The van der Waals surface area contributed by atoms with E-state index in [1.165, 1.54) is 0 Å². The number of hydroxylamine groups is 1. The Hall–Kier alpha value is -3.26. The van der Waals surface area contributed by atoms with E-state index < -0.39 is 39.6 Å². The van der Waals surface area contributed by atoms with Crippen molar-refractivity contribution >= 4 is 28.6 Å². The molecule has 140 valence electrons. The summed E-state index contributed by atoms with van der Waals surface area (Å²) < 4.78 is 12.8. The van der Waals surface area contributed by atoms with E-state index >= 15 is 0 Å². The minimum absolute atomic E-state index is 0.398. The van der Waals surface area contributed by atoms with E-state index in [1.807, 2.05) is 66.1 Å². The standard InChI is InChI=1S/C19H17NO6S/c21-16(20-26-18(24)12-11-17(22)23)13-27(25)19(14-7-3-1-4-8-14)15-9-5-2-6-10-15/h1-12,19H,13H2,(H,20,21)(H,22,23). The van der Waals surface area contributed by atoms with Gasteiger partial charge >= 0.3 is 11.9 Å². The Morgan fingerprint density at radius 3 is 1.96 bits per heavy atom. The molecule has 0 aromatic heterocycles. The van der Waals surface area contributed by atoms with Crippen LogP contribution >= 0.6 is 0 Å². The Balaban J connectivity index is 2.05. The molecule has 2 rings (SSSR count). The van der Waals surface area contributed by atoms with Gasteiger partial charge in [-0.05, 0) is 11.1 Å². The van der Waals surface area contributed by atoms with Gasteiger partial charge in [-0.15, -0.1) is 0 Å². The summed E-state index contributed by atoms with van der Waals surface area (Å²) in [7, 11) is -1.63. The molecule has 1 amide bonds. The van der Waals surface area contributed by atoms with E-state index in [0.29, 0.717) is 12.2 Å². The predicted molar refractivity (Wildman–Crippen MR) is 98.7 cm³/mol. The van der Waals surface area contributed by atoms with E-state index in [0.717, 1.165) is 11.1 Å². The average molecular weight is 387 g/mol. The number of aliphatic carboxylic acids is 1. The summed E-state index contributed by atoms with van der Waals surface area (Å²) in [6.45, 7) is 0. The summed E-state index contributed by atoms with van der Waals surface area (Å²) >= 11 is 0. The van der Waals surface area contributed by atoms with Gasteiger partial charge in [0.1, 0.15) is 5.75 Å². The zero-order valence-electron chi connectivity index (χ0n) is 14.1. The van der Waals surface area contributed by atoms with E-state index in [2.05, 4.69) is 4.84 Å². The monoisotopic (exact) mass is 387 g/mol. The van der Waals surface area contributed by atoms with Crippen molar-refractivity contribution in [3.05, 3.63) is 83.9 Å². The van der Waals surface area contributed by atoms with Crippen molar-refractivity contribution in [3.63, 3.8) is 0 Å². The molecule has 0 saturated heterocycles. The van der Waals surface area contributed by atoms with Crippen LogP contribution in [0.15, 0.2) is 72.8 Å². The molecule has 0 spiro atoms. The number of benzene rings is 2. The molecular formula is C19H17NO6S. The van der Waals surface area contributed by atoms with Crippen LogP contribution in [0.3, 0.4) is 0 Å². The fourth-order valence-corrected chi connectivity index (χ4v) is 3.68. The third-order valence-electron chi connectivity index (χ3n) is 3.37. The molecule has 2 aromatic rings. The van der Waals surface area contributed by atoms with Crippen LogP contribution in [0.1, 0.15) is 16.4 Å². The second kappa shape index (κ2) is 10.0.